The second-order valence-corrected chi connectivity index (χ2v) is 5.98. The molecule has 2 rings (SSSR count). The molecule has 0 fully saturated rings. The van der Waals surface area contributed by atoms with Crippen LogP contribution >= 0.6 is 15.9 Å². The van der Waals surface area contributed by atoms with Gasteiger partial charge in [-0.25, -0.2) is 0 Å². The van der Waals surface area contributed by atoms with Crippen molar-refractivity contribution < 1.29 is 9.59 Å². The van der Waals surface area contributed by atoms with E-state index in [-0.39, 0.29) is 24.9 Å². The van der Waals surface area contributed by atoms with Crippen molar-refractivity contribution in [2.24, 2.45) is 0 Å². The normalized spacial score (nSPS) is 9.88. The van der Waals surface area contributed by atoms with E-state index in [2.05, 4.69) is 27.3 Å². The number of nitriles is 1. The minimum atomic E-state index is -0.214. The predicted octanol–water partition coefficient (Wildman–Crippen LogP) is 3.10. The van der Waals surface area contributed by atoms with Crippen molar-refractivity contribution in [2.45, 2.75) is 6.92 Å². The highest BCUT2D eigenvalue weighted by Crippen LogP contribution is 2.19. The standard InChI is InChI=1S/C18H16BrN3O2/c1-13(23)22(17-8-3-2-5-15(17)12-20)10-9-21-18(24)14-6-4-7-16(19)11-14/h2-8,11H,9-10H2,1H3,(H,21,24). The van der Waals surface area contributed by atoms with E-state index in [0.717, 1.165) is 4.47 Å². The summed E-state index contributed by atoms with van der Waals surface area (Å²) in [4.78, 5) is 25.5. The Hall–Kier alpha value is -2.65. The summed E-state index contributed by atoms with van der Waals surface area (Å²) in [5, 5.41) is 12.0. The number of hydrogen-bond donors (Lipinski definition) is 1. The minimum Gasteiger partial charge on any atom is -0.350 e. The lowest BCUT2D eigenvalue weighted by Gasteiger charge is -2.22. The Bertz CT molecular complexity index is 799. The van der Waals surface area contributed by atoms with Crippen LogP contribution in [0.3, 0.4) is 0 Å². The fourth-order valence-electron chi connectivity index (χ4n) is 2.26. The summed E-state index contributed by atoms with van der Waals surface area (Å²) in [6.45, 7) is 2.00. The molecule has 0 saturated heterocycles. The molecule has 0 saturated carbocycles. The largest absolute Gasteiger partial charge is 0.350 e. The average Bonchev–Trinajstić information content (AvgIpc) is 2.58. The molecule has 2 aromatic carbocycles. The van der Waals surface area contributed by atoms with Crippen LogP contribution in [0.5, 0.6) is 0 Å². The summed E-state index contributed by atoms with van der Waals surface area (Å²) in [5.41, 5.74) is 1.51. The average molecular weight is 386 g/mol. The number of nitrogens with one attached hydrogen (secondary N) is 1. The smallest absolute Gasteiger partial charge is 0.251 e. The molecule has 6 heteroatoms. The molecule has 2 amide bonds. The number of benzene rings is 2. The molecule has 2 aromatic rings. The number of hydrogen-bond acceptors (Lipinski definition) is 3. The zero-order chi connectivity index (χ0) is 17.5. The molecular weight excluding hydrogens is 370 g/mol. The van der Waals surface area contributed by atoms with E-state index in [0.29, 0.717) is 16.8 Å². The molecule has 24 heavy (non-hydrogen) atoms. The Morgan fingerprint density at radius 2 is 1.96 bits per heavy atom. The molecule has 0 aliphatic rings. The number of anilines is 1. The highest BCUT2D eigenvalue weighted by atomic mass is 79.9. The Morgan fingerprint density at radius 1 is 1.21 bits per heavy atom. The van der Waals surface area contributed by atoms with Crippen LogP contribution in [-0.2, 0) is 4.79 Å². The van der Waals surface area contributed by atoms with Gasteiger partial charge in [0.2, 0.25) is 5.91 Å². The van der Waals surface area contributed by atoms with E-state index in [4.69, 9.17) is 0 Å². The Balaban J connectivity index is 2.04. The molecule has 0 aliphatic heterocycles. The van der Waals surface area contributed by atoms with Gasteiger partial charge >= 0.3 is 0 Å². The van der Waals surface area contributed by atoms with Crippen LogP contribution in [0.1, 0.15) is 22.8 Å². The third-order valence-corrected chi connectivity index (χ3v) is 3.90. The number of rotatable bonds is 5. The second-order valence-electron chi connectivity index (χ2n) is 5.07. The van der Waals surface area contributed by atoms with Crippen LogP contribution in [0.2, 0.25) is 0 Å². The second kappa shape index (κ2) is 8.27. The van der Waals surface area contributed by atoms with Crippen molar-refractivity contribution in [3.05, 3.63) is 64.1 Å². The monoisotopic (exact) mass is 385 g/mol. The maximum absolute atomic E-state index is 12.1. The van der Waals surface area contributed by atoms with Crippen molar-refractivity contribution >= 4 is 33.4 Å². The Kier molecular flexibility index (Phi) is 6.10. The molecule has 1 N–H and O–H groups in total. The van der Waals surface area contributed by atoms with Gasteiger partial charge in [0, 0.05) is 30.0 Å². The number of amides is 2. The van der Waals surface area contributed by atoms with Crippen molar-refractivity contribution in [1.29, 1.82) is 5.26 Å². The summed E-state index contributed by atoms with van der Waals surface area (Å²) in [6, 6.07) is 16.0. The van der Waals surface area contributed by atoms with Gasteiger partial charge < -0.3 is 10.2 Å². The third kappa shape index (κ3) is 4.43. The van der Waals surface area contributed by atoms with Crippen molar-refractivity contribution in [1.82, 2.24) is 5.32 Å². The van der Waals surface area contributed by atoms with Crippen LogP contribution in [-0.4, -0.2) is 24.9 Å². The molecule has 122 valence electrons. The minimum absolute atomic E-state index is 0.186. The van der Waals surface area contributed by atoms with Gasteiger partial charge in [0.15, 0.2) is 0 Å². The maximum atomic E-state index is 12.1. The SMILES string of the molecule is CC(=O)N(CCNC(=O)c1cccc(Br)c1)c1ccccc1C#N. The molecule has 0 spiro atoms. The number of nitrogens with zero attached hydrogens (tertiary/aromatic N) is 2. The van der Waals surface area contributed by atoms with Gasteiger partial charge in [-0.15, -0.1) is 0 Å². The van der Waals surface area contributed by atoms with Gasteiger partial charge in [-0.3, -0.25) is 9.59 Å². The highest BCUT2D eigenvalue weighted by molar-refractivity contribution is 9.10. The molecule has 5 nitrogen and oxygen atoms in total. The molecule has 0 aliphatic carbocycles. The molecule has 0 aromatic heterocycles. The first-order valence-electron chi connectivity index (χ1n) is 7.34. The van der Waals surface area contributed by atoms with Crippen LogP contribution < -0.4 is 10.2 Å². The van der Waals surface area contributed by atoms with E-state index in [1.807, 2.05) is 6.07 Å². The number of carbonyl (C=O) groups excluding carboxylic acids is 2. The zero-order valence-corrected chi connectivity index (χ0v) is 14.7. The van der Waals surface area contributed by atoms with E-state index in [9.17, 15) is 14.9 Å². The van der Waals surface area contributed by atoms with E-state index >= 15 is 0 Å². The zero-order valence-electron chi connectivity index (χ0n) is 13.1. The first-order chi connectivity index (χ1) is 11.5. The molecule has 0 radical (unpaired) electrons. The maximum Gasteiger partial charge on any atom is 0.251 e. The van der Waals surface area contributed by atoms with Gasteiger partial charge in [-0.2, -0.15) is 5.26 Å². The molecule has 0 atom stereocenters. The van der Waals surface area contributed by atoms with Crippen LogP contribution in [0.15, 0.2) is 53.0 Å². The van der Waals surface area contributed by atoms with Gasteiger partial charge in [-0.1, -0.05) is 34.1 Å². The first-order valence-corrected chi connectivity index (χ1v) is 8.13. The quantitative estimate of drug-likeness (QED) is 0.858. The van der Waals surface area contributed by atoms with E-state index in [1.54, 1.807) is 42.5 Å². The number of halogens is 1. The van der Waals surface area contributed by atoms with Gasteiger partial charge in [0.1, 0.15) is 6.07 Å². The lowest BCUT2D eigenvalue weighted by Crippen LogP contribution is -2.38. The predicted molar refractivity (Wildman–Crippen MR) is 95.7 cm³/mol. The van der Waals surface area contributed by atoms with Crippen LogP contribution in [0.4, 0.5) is 5.69 Å². The fraction of sp³-hybridized carbons (Fsp3) is 0.167. The molecule has 0 bridgehead atoms. The highest BCUT2D eigenvalue weighted by Gasteiger charge is 2.15. The summed E-state index contributed by atoms with van der Waals surface area (Å²) < 4.78 is 0.823. The number of para-hydroxylation sites is 1. The Labute approximate surface area is 149 Å². The van der Waals surface area contributed by atoms with Crippen molar-refractivity contribution in [3.63, 3.8) is 0 Å². The van der Waals surface area contributed by atoms with E-state index < -0.39 is 0 Å². The van der Waals surface area contributed by atoms with Crippen LogP contribution in [0, 0.1) is 11.3 Å². The summed E-state index contributed by atoms with van der Waals surface area (Å²) in [7, 11) is 0. The number of carbonyl (C=O) groups is 2. The van der Waals surface area contributed by atoms with Crippen LogP contribution in [0.25, 0.3) is 0 Å². The Morgan fingerprint density at radius 3 is 2.62 bits per heavy atom. The molecule has 0 unspecified atom stereocenters. The van der Waals surface area contributed by atoms with Crippen molar-refractivity contribution in [2.75, 3.05) is 18.0 Å². The lowest BCUT2D eigenvalue weighted by molar-refractivity contribution is -0.116. The summed E-state index contributed by atoms with van der Waals surface area (Å²) in [6.07, 6.45) is 0. The molecular formula is C18H16BrN3O2. The topological polar surface area (TPSA) is 73.2 Å². The van der Waals surface area contributed by atoms with E-state index in [1.165, 1.54) is 11.8 Å². The van der Waals surface area contributed by atoms with Gasteiger partial charge in [-0.05, 0) is 30.3 Å². The molecule has 0 heterocycles. The van der Waals surface area contributed by atoms with Gasteiger partial charge in [0.25, 0.3) is 5.91 Å². The van der Waals surface area contributed by atoms with Crippen molar-refractivity contribution in [3.8, 4) is 6.07 Å². The first kappa shape index (κ1) is 17.7. The lowest BCUT2D eigenvalue weighted by atomic mass is 10.1. The van der Waals surface area contributed by atoms with Gasteiger partial charge in [0.05, 0.1) is 11.3 Å². The summed E-state index contributed by atoms with van der Waals surface area (Å²) in [5.74, 6) is -0.400. The third-order valence-electron chi connectivity index (χ3n) is 3.40. The fourth-order valence-corrected chi connectivity index (χ4v) is 2.66. The summed E-state index contributed by atoms with van der Waals surface area (Å²) >= 11 is 3.32.